The fourth-order valence-corrected chi connectivity index (χ4v) is 4.77. The normalized spacial score (nSPS) is 21.7. The van der Waals surface area contributed by atoms with Crippen LogP contribution in [-0.2, 0) is 16.8 Å². The van der Waals surface area contributed by atoms with E-state index in [1.54, 1.807) is 35.8 Å². The van der Waals surface area contributed by atoms with Crippen LogP contribution in [-0.4, -0.2) is 36.0 Å². The lowest BCUT2D eigenvalue weighted by Crippen LogP contribution is -2.53. The summed E-state index contributed by atoms with van der Waals surface area (Å²) in [4.78, 5) is 11.6. The summed E-state index contributed by atoms with van der Waals surface area (Å²) in [5, 5.41) is 8.81. The second-order valence-electron chi connectivity index (χ2n) is 6.65. The first-order valence-corrected chi connectivity index (χ1v) is 9.99. The first kappa shape index (κ1) is 17.8. The number of nitrogens with zero attached hydrogens (tertiary/aromatic N) is 1. The van der Waals surface area contributed by atoms with E-state index in [1.165, 1.54) is 16.4 Å². The Kier molecular flexibility index (Phi) is 4.50. The molecule has 1 amide bonds. The van der Waals surface area contributed by atoms with Crippen molar-refractivity contribution in [3.8, 4) is 5.75 Å². The Morgan fingerprint density at radius 2 is 1.89 bits per heavy atom. The lowest BCUT2D eigenvalue weighted by Gasteiger charge is -2.44. The number of nitrogens with one attached hydrogen (secondary N) is 2. The number of rotatable bonds is 4. The van der Waals surface area contributed by atoms with Gasteiger partial charge in [-0.1, -0.05) is 24.3 Å². The number of carbonyl (C=O) groups is 1. The molecule has 1 saturated carbocycles. The van der Waals surface area contributed by atoms with Gasteiger partial charge in [0, 0.05) is 42.2 Å². The molecule has 1 fully saturated rings. The molecule has 2 aliphatic heterocycles. The lowest BCUT2D eigenvalue weighted by molar-refractivity contribution is 0.0373. The molecule has 9 heteroatoms. The van der Waals surface area contributed by atoms with Crippen LogP contribution >= 0.6 is 0 Å². The van der Waals surface area contributed by atoms with Crippen molar-refractivity contribution in [2.75, 3.05) is 4.72 Å². The van der Waals surface area contributed by atoms with Crippen molar-refractivity contribution in [2.45, 2.75) is 31.5 Å². The summed E-state index contributed by atoms with van der Waals surface area (Å²) >= 11 is 0. The average Bonchev–Trinajstić information content (AvgIpc) is 2.60. The van der Waals surface area contributed by atoms with Gasteiger partial charge in [0.15, 0.2) is 0 Å². The van der Waals surface area contributed by atoms with Crippen LogP contribution in [0, 0.1) is 0 Å². The van der Waals surface area contributed by atoms with Crippen LogP contribution < -0.4 is 14.9 Å². The zero-order chi connectivity index (χ0) is 19.0. The average molecular weight is 389 g/mol. The number of fused-ring (bicyclic) bond motifs is 1. The van der Waals surface area contributed by atoms with E-state index in [2.05, 4.69) is 4.72 Å². The van der Waals surface area contributed by atoms with Gasteiger partial charge in [0.05, 0.1) is 0 Å². The number of anilines is 1. The van der Waals surface area contributed by atoms with Gasteiger partial charge in [0.2, 0.25) is 0 Å². The van der Waals surface area contributed by atoms with E-state index in [0.717, 1.165) is 0 Å². The highest BCUT2D eigenvalue weighted by Gasteiger charge is 2.43. The number of ether oxygens (including phenoxy) is 1. The van der Waals surface area contributed by atoms with Crippen molar-refractivity contribution in [1.82, 2.24) is 9.79 Å². The Hall–Kier alpha value is -2.62. The quantitative estimate of drug-likeness (QED) is 0.547. The molecular formula is C18H19N3O5S. The number of hydrogen-bond donors (Lipinski definition) is 3. The van der Waals surface area contributed by atoms with Crippen molar-refractivity contribution in [2.24, 2.45) is 0 Å². The van der Waals surface area contributed by atoms with Gasteiger partial charge in [-0.25, -0.2) is 5.48 Å². The maximum absolute atomic E-state index is 13.0. The van der Waals surface area contributed by atoms with Crippen LogP contribution in [0.3, 0.4) is 0 Å². The van der Waals surface area contributed by atoms with E-state index in [9.17, 15) is 13.2 Å². The minimum Gasteiger partial charge on any atom is -0.490 e. The molecule has 1 aliphatic carbocycles. The number of para-hydroxylation sites is 1. The first-order valence-electron chi connectivity index (χ1n) is 8.55. The largest absolute Gasteiger partial charge is 0.490 e. The molecule has 2 bridgehead atoms. The van der Waals surface area contributed by atoms with Crippen molar-refractivity contribution >= 4 is 21.8 Å². The van der Waals surface area contributed by atoms with Crippen LogP contribution in [0.2, 0.25) is 0 Å². The predicted octanol–water partition coefficient (Wildman–Crippen LogP) is 1.89. The molecule has 0 radical (unpaired) electrons. The molecule has 3 N–H and O–H groups in total. The minimum absolute atomic E-state index is 0.101. The fourth-order valence-electron chi connectivity index (χ4n) is 3.34. The van der Waals surface area contributed by atoms with Gasteiger partial charge >= 0.3 is 10.2 Å². The Morgan fingerprint density at radius 1 is 1.15 bits per heavy atom. The Balaban J connectivity index is 1.64. The highest BCUT2D eigenvalue weighted by Crippen LogP contribution is 2.38. The van der Waals surface area contributed by atoms with E-state index >= 15 is 0 Å². The molecule has 2 heterocycles. The van der Waals surface area contributed by atoms with Crippen molar-refractivity contribution < 1.29 is 23.2 Å². The molecule has 2 aromatic rings. The van der Waals surface area contributed by atoms with Gasteiger partial charge in [-0.2, -0.15) is 12.7 Å². The SMILES string of the molecule is O=C(NO)c1ccc2c(c1)OC1CC(C1)N(S(=O)(=O)Nc1ccccc1)C2. The second-order valence-corrected chi connectivity index (χ2v) is 8.27. The van der Waals surface area contributed by atoms with E-state index in [4.69, 9.17) is 9.94 Å². The van der Waals surface area contributed by atoms with Crippen LogP contribution in [0.15, 0.2) is 48.5 Å². The molecule has 3 aliphatic rings. The zero-order valence-corrected chi connectivity index (χ0v) is 15.1. The molecule has 0 aromatic heterocycles. The monoisotopic (exact) mass is 389 g/mol. The van der Waals surface area contributed by atoms with Crippen LogP contribution in [0.1, 0.15) is 28.8 Å². The van der Waals surface area contributed by atoms with Crippen molar-refractivity contribution in [3.05, 3.63) is 59.7 Å². The topological polar surface area (TPSA) is 108 Å². The maximum Gasteiger partial charge on any atom is 0.302 e. The second kappa shape index (κ2) is 6.84. The van der Waals surface area contributed by atoms with E-state index in [1.807, 2.05) is 6.07 Å². The molecular weight excluding hydrogens is 370 g/mol. The lowest BCUT2D eigenvalue weighted by atomic mass is 9.88. The first-order chi connectivity index (χ1) is 13.0. The third kappa shape index (κ3) is 3.48. The maximum atomic E-state index is 13.0. The van der Waals surface area contributed by atoms with Crippen LogP contribution in [0.4, 0.5) is 5.69 Å². The molecule has 0 unspecified atom stereocenters. The summed E-state index contributed by atoms with van der Waals surface area (Å²) in [6.45, 7) is 0.135. The highest BCUT2D eigenvalue weighted by molar-refractivity contribution is 7.90. The molecule has 142 valence electrons. The third-order valence-corrected chi connectivity index (χ3v) is 6.40. The van der Waals surface area contributed by atoms with Gasteiger partial charge in [-0.15, -0.1) is 0 Å². The molecule has 0 saturated heterocycles. The third-order valence-electron chi connectivity index (χ3n) is 4.86. The minimum atomic E-state index is -3.75. The van der Waals surface area contributed by atoms with E-state index in [-0.39, 0.29) is 24.3 Å². The highest BCUT2D eigenvalue weighted by atomic mass is 32.2. The summed E-state index contributed by atoms with van der Waals surface area (Å²) < 4.78 is 35.9. The smallest absolute Gasteiger partial charge is 0.302 e. The van der Waals surface area contributed by atoms with Gasteiger partial charge in [-0.3, -0.25) is 14.7 Å². The summed E-state index contributed by atoms with van der Waals surface area (Å²) in [5.74, 6) is -0.190. The molecule has 0 spiro atoms. The number of carbonyl (C=O) groups excluding carboxylic acids is 1. The zero-order valence-electron chi connectivity index (χ0n) is 14.3. The molecule has 0 atom stereocenters. The fraction of sp³-hybridized carbons (Fsp3) is 0.278. The van der Waals surface area contributed by atoms with Gasteiger partial charge in [0.25, 0.3) is 5.91 Å². The molecule has 27 heavy (non-hydrogen) atoms. The standard InChI is InChI=1S/C18H19N3O5S/c22-18(19-23)12-6-7-13-11-21(15-9-16(10-15)26-17(13)8-12)27(24,25)20-14-4-2-1-3-5-14/h1-8,15-16,20,23H,9-11H2,(H,19,22). The summed E-state index contributed by atoms with van der Waals surface area (Å²) in [6, 6.07) is 13.3. The van der Waals surface area contributed by atoms with Gasteiger partial charge in [-0.05, 0) is 24.3 Å². The number of hydroxylamine groups is 1. The van der Waals surface area contributed by atoms with E-state index < -0.39 is 16.1 Å². The van der Waals surface area contributed by atoms with E-state index in [0.29, 0.717) is 29.8 Å². The number of hydrogen-bond acceptors (Lipinski definition) is 5. The summed E-state index contributed by atoms with van der Waals surface area (Å²) in [7, 11) is -3.75. The van der Waals surface area contributed by atoms with Crippen molar-refractivity contribution in [3.63, 3.8) is 0 Å². The Morgan fingerprint density at radius 3 is 2.59 bits per heavy atom. The van der Waals surface area contributed by atoms with Crippen LogP contribution in [0.25, 0.3) is 0 Å². The van der Waals surface area contributed by atoms with Crippen molar-refractivity contribution in [1.29, 1.82) is 0 Å². The van der Waals surface area contributed by atoms with Crippen LogP contribution in [0.5, 0.6) is 5.75 Å². The Bertz CT molecular complexity index is 958. The predicted molar refractivity (Wildman–Crippen MR) is 97.7 cm³/mol. The number of benzene rings is 2. The van der Waals surface area contributed by atoms with Gasteiger partial charge < -0.3 is 4.74 Å². The van der Waals surface area contributed by atoms with Gasteiger partial charge in [0.1, 0.15) is 11.9 Å². The summed E-state index contributed by atoms with van der Waals surface area (Å²) in [5.41, 5.74) is 2.99. The molecule has 2 aromatic carbocycles. The number of amides is 1. The molecule has 5 rings (SSSR count). The Labute approximate surface area is 156 Å². The summed E-state index contributed by atoms with van der Waals surface area (Å²) in [6.07, 6.45) is 1.08. The molecule has 8 nitrogen and oxygen atoms in total.